The molecular weight excluding hydrogens is 268 g/mol. The fourth-order valence-corrected chi connectivity index (χ4v) is 3.63. The predicted molar refractivity (Wildman–Crippen MR) is 77.5 cm³/mol. The molecule has 4 nitrogen and oxygen atoms in total. The Balaban J connectivity index is 1.65. The van der Waals surface area contributed by atoms with Gasteiger partial charge in [-0.05, 0) is 25.3 Å². The molecule has 1 spiro atoms. The fourth-order valence-electron chi connectivity index (χ4n) is 3.63. The van der Waals surface area contributed by atoms with Crippen LogP contribution in [0.3, 0.4) is 0 Å². The average Bonchev–Trinajstić information content (AvgIpc) is 3.05. The van der Waals surface area contributed by atoms with Gasteiger partial charge in [-0.15, -0.1) is 0 Å². The molecule has 0 bridgehead atoms. The minimum atomic E-state index is -1.14. The summed E-state index contributed by atoms with van der Waals surface area (Å²) in [6.07, 6.45) is 3.14. The average molecular weight is 290 g/mol. The van der Waals surface area contributed by atoms with Gasteiger partial charge >= 0.3 is 5.97 Å². The number of aliphatic hydroxyl groups is 1. The first kappa shape index (κ1) is 14.5. The molecule has 3 rings (SSSR count). The fraction of sp³-hybridized carbons (Fsp3) is 0.588. The Labute approximate surface area is 125 Å². The van der Waals surface area contributed by atoms with Crippen LogP contribution in [-0.2, 0) is 20.9 Å². The molecule has 21 heavy (non-hydrogen) atoms. The molecular formula is C17H22O4. The van der Waals surface area contributed by atoms with Crippen LogP contribution in [0.25, 0.3) is 0 Å². The molecule has 0 radical (unpaired) electrons. The number of esters is 1. The van der Waals surface area contributed by atoms with Crippen LogP contribution in [0.2, 0.25) is 0 Å². The standard InChI is InChI=1S/C17H22O4/c1-16(19)14(21-12-17(16)9-5-6-10-17)15(18)20-11-13-7-3-2-4-8-13/h2-4,7-8,14,19H,5-6,9-12H2,1H3/t14-,16-/m1/s1. The zero-order chi connectivity index (χ0) is 14.9. The van der Waals surface area contributed by atoms with Crippen LogP contribution in [-0.4, -0.2) is 29.4 Å². The predicted octanol–water partition coefficient (Wildman–Crippen LogP) is 2.44. The quantitative estimate of drug-likeness (QED) is 0.869. The van der Waals surface area contributed by atoms with Crippen molar-refractivity contribution in [2.75, 3.05) is 6.61 Å². The lowest BCUT2D eigenvalue weighted by Crippen LogP contribution is -2.51. The summed E-state index contributed by atoms with van der Waals surface area (Å²) in [7, 11) is 0. The second-order valence-corrected chi connectivity index (χ2v) is 6.42. The molecule has 2 atom stereocenters. The smallest absolute Gasteiger partial charge is 0.338 e. The van der Waals surface area contributed by atoms with Gasteiger partial charge in [0.25, 0.3) is 0 Å². The van der Waals surface area contributed by atoms with Gasteiger partial charge in [0.2, 0.25) is 0 Å². The highest BCUT2D eigenvalue weighted by Gasteiger charge is 2.61. The van der Waals surface area contributed by atoms with E-state index in [9.17, 15) is 9.90 Å². The molecule has 2 aliphatic rings. The second-order valence-electron chi connectivity index (χ2n) is 6.42. The number of hydrogen-bond donors (Lipinski definition) is 1. The Bertz CT molecular complexity index is 503. The molecule has 1 heterocycles. The topological polar surface area (TPSA) is 55.8 Å². The highest BCUT2D eigenvalue weighted by Crippen LogP contribution is 2.53. The van der Waals surface area contributed by atoms with Crippen molar-refractivity contribution in [2.45, 2.75) is 50.9 Å². The third-order valence-electron chi connectivity index (χ3n) is 5.11. The summed E-state index contributed by atoms with van der Waals surface area (Å²) in [6, 6.07) is 9.52. The van der Waals surface area contributed by atoms with Gasteiger partial charge < -0.3 is 14.6 Å². The van der Waals surface area contributed by atoms with E-state index >= 15 is 0 Å². The highest BCUT2D eigenvalue weighted by molar-refractivity contribution is 5.77. The minimum Gasteiger partial charge on any atom is -0.459 e. The summed E-state index contributed by atoms with van der Waals surface area (Å²) in [5.41, 5.74) is -0.486. The number of carbonyl (C=O) groups is 1. The first-order chi connectivity index (χ1) is 10.1. The van der Waals surface area contributed by atoms with Crippen molar-refractivity contribution in [3.63, 3.8) is 0 Å². The molecule has 114 valence electrons. The van der Waals surface area contributed by atoms with Gasteiger partial charge in [-0.25, -0.2) is 4.79 Å². The van der Waals surface area contributed by atoms with E-state index in [0.717, 1.165) is 31.2 Å². The first-order valence-corrected chi connectivity index (χ1v) is 7.60. The summed E-state index contributed by atoms with van der Waals surface area (Å²) in [5, 5.41) is 10.8. The van der Waals surface area contributed by atoms with E-state index < -0.39 is 17.7 Å². The van der Waals surface area contributed by atoms with E-state index in [-0.39, 0.29) is 12.0 Å². The molecule has 1 aromatic carbocycles. The zero-order valence-corrected chi connectivity index (χ0v) is 12.4. The molecule has 1 N–H and O–H groups in total. The molecule has 0 aromatic heterocycles. The first-order valence-electron chi connectivity index (χ1n) is 7.60. The SMILES string of the molecule is C[C@@]1(O)[C@@H](C(=O)OCc2ccccc2)OCC12CCCC2. The van der Waals surface area contributed by atoms with Crippen LogP contribution in [0.5, 0.6) is 0 Å². The third kappa shape index (κ3) is 2.47. The summed E-state index contributed by atoms with van der Waals surface area (Å²) >= 11 is 0. The summed E-state index contributed by atoms with van der Waals surface area (Å²) in [4.78, 5) is 12.3. The monoisotopic (exact) mass is 290 g/mol. The van der Waals surface area contributed by atoms with Crippen LogP contribution < -0.4 is 0 Å². The van der Waals surface area contributed by atoms with Gasteiger partial charge in [0.05, 0.1) is 6.61 Å². The Morgan fingerprint density at radius 1 is 1.33 bits per heavy atom. The van der Waals surface area contributed by atoms with Crippen molar-refractivity contribution in [1.82, 2.24) is 0 Å². The molecule has 1 aliphatic carbocycles. The second kappa shape index (κ2) is 5.43. The molecule has 1 aliphatic heterocycles. The third-order valence-corrected chi connectivity index (χ3v) is 5.11. The maximum atomic E-state index is 12.3. The van der Waals surface area contributed by atoms with Gasteiger partial charge in [0.15, 0.2) is 6.10 Å². The molecule has 1 saturated heterocycles. The Kier molecular flexibility index (Phi) is 3.76. The van der Waals surface area contributed by atoms with E-state index in [1.807, 2.05) is 30.3 Å². The number of ether oxygens (including phenoxy) is 2. The van der Waals surface area contributed by atoms with E-state index in [2.05, 4.69) is 0 Å². The van der Waals surface area contributed by atoms with E-state index in [1.54, 1.807) is 6.92 Å². The van der Waals surface area contributed by atoms with Crippen molar-refractivity contribution >= 4 is 5.97 Å². The normalized spacial score (nSPS) is 30.7. The molecule has 0 amide bonds. The lowest BCUT2D eigenvalue weighted by atomic mass is 9.71. The Morgan fingerprint density at radius 2 is 2.00 bits per heavy atom. The summed E-state index contributed by atoms with van der Waals surface area (Å²) in [6.45, 7) is 2.38. The van der Waals surface area contributed by atoms with Crippen LogP contribution in [0.1, 0.15) is 38.2 Å². The van der Waals surface area contributed by atoms with Crippen molar-refractivity contribution in [3.05, 3.63) is 35.9 Å². The van der Waals surface area contributed by atoms with Crippen LogP contribution in [0.4, 0.5) is 0 Å². The Hall–Kier alpha value is -1.39. The van der Waals surface area contributed by atoms with Gasteiger partial charge in [-0.3, -0.25) is 0 Å². The van der Waals surface area contributed by atoms with Crippen molar-refractivity contribution in [1.29, 1.82) is 0 Å². The summed E-state index contributed by atoms with van der Waals surface area (Å²) < 4.78 is 11.0. The lowest BCUT2D eigenvalue weighted by molar-refractivity contribution is -0.167. The summed E-state index contributed by atoms with van der Waals surface area (Å²) in [5.74, 6) is -0.465. The highest BCUT2D eigenvalue weighted by atomic mass is 16.6. The molecule has 1 saturated carbocycles. The number of carbonyl (C=O) groups excluding carboxylic acids is 1. The van der Waals surface area contributed by atoms with E-state index in [4.69, 9.17) is 9.47 Å². The van der Waals surface area contributed by atoms with Crippen molar-refractivity contribution in [3.8, 4) is 0 Å². The molecule has 2 fully saturated rings. The van der Waals surface area contributed by atoms with E-state index in [0.29, 0.717) is 6.61 Å². The van der Waals surface area contributed by atoms with Gasteiger partial charge in [-0.2, -0.15) is 0 Å². The van der Waals surface area contributed by atoms with Crippen LogP contribution in [0.15, 0.2) is 30.3 Å². The number of benzene rings is 1. The van der Waals surface area contributed by atoms with Crippen LogP contribution >= 0.6 is 0 Å². The van der Waals surface area contributed by atoms with Crippen LogP contribution in [0, 0.1) is 5.41 Å². The molecule has 0 unspecified atom stereocenters. The minimum absolute atomic E-state index is 0.211. The largest absolute Gasteiger partial charge is 0.459 e. The number of rotatable bonds is 3. The van der Waals surface area contributed by atoms with Gasteiger partial charge in [0.1, 0.15) is 12.2 Å². The zero-order valence-electron chi connectivity index (χ0n) is 12.4. The van der Waals surface area contributed by atoms with Gasteiger partial charge in [-0.1, -0.05) is 43.2 Å². The van der Waals surface area contributed by atoms with Gasteiger partial charge in [0, 0.05) is 5.41 Å². The van der Waals surface area contributed by atoms with E-state index in [1.165, 1.54) is 0 Å². The Morgan fingerprint density at radius 3 is 2.67 bits per heavy atom. The number of hydrogen-bond acceptors (Lipinski definition) is 4. The molecule has 4 heteroatoms. The lowest BCUT2D eigenvalue weighted by Gasteiger charge is -2.36. The van der Waals surface area contributed by atoms with Crippen molar-refractivity contribution < 1.29 is 19.4 Å². The maximum Gasteiger partial charge on any atom is 0.338 e. The molecule has 1 aromatic rings. The maximum absolute atomic E-state index is 12.3. The van der Waals surface area contributed by atoms with Crippen molar-refractivity contribution in [2.24, 2.45) is 5.41 Å².